The second kappa shape index (κ2) is 2.89. The van der Waals surface area contributed by atoms with Crippen molar-refractivity contribution in [2.24, 2.45) is 0 Å². The van der Waals surface area contributed by atoms with Crippen LogP contribution < -0.4 is 4.87 Å². The molecule has 3 heterocycles. The van der Waals surface area contributed by atoms with Gasteiger partial charge < -0.3 is 0 Å². The van der Waals surface area contributed by atoms with E-state index in [9.17, 15) is 4.79 Å². The van der Waals surface area contributed by atoms with Crippen LogP contribution in [0.3, 0.4) is 0 Å². The van der Waals surface area contributed by atoms with E-state index < -0.39 is 0 Å². The van der Waals surface area contributed by atoms with Gasteiger partial charge in [-0.15, -0.1) is 10.2 Å². The molecule has 0 radical (unpaired) electrons. The predicted octanol–water partition coefficient (Wildman–Crippen LogP) is 1.13. The number of nitrogens with zero attached hydrogens (tertiary/aromatic N) is 4. The molecule has 0 spiro atoms. The van der Waals surface area contributed by atoms with Crippen LogP contribution in [-0.2, 0) is 0 Å². The lowest BCUT2D eigenvalue weighted by Crippen LogP contribution is -2.03. The van der Waals surface area contributed by atoms with Gasteiger partial charge in [0.25, 0.3) is 0 Å². The summed E-state index contributed by atoms with van der Waals surface area (Å²) >= 11 is 1.02. The van der Waals surface area contributed by atoms with Crippen molar-refractivity contribution >= 4 is 27.2 Å². The molecule has 1 aromatic carbocycles. The van der Waals surface area contributed by atoms with E-state index in [1.165, 1.54) is 0 Å². The number of hydrogen-bond acceptors (Lipinski definition) is 5. The van der Waals surface area contributed by atoms with Crippen LogP contribution in [-0.4, -0.2) is 24.8 Å². The van der Waals surface area contributed by atoms with E-state index in [1.807, 2.05) is 24.3 Å². The highest BCUT2D eigenvalue weighted by molar-refractivity contribution is 7.14. The molecule has 0 bridgehead atoms. The highest BCUT2D eigenvalue weighted by Crippen LogP contribution is 2.28. The van der Waals surface area contributed by atoms with Crippen LogP contribution in [0.25, 0.3) is 27.4 Å². The predicted molar refractivity (Wildman–Crippen MR) is 63.4 cm³/mol. The monoisotopic (exact) mass is 243 g/mol. The van der Waals surface area contributed by atoms with Gasteiger partial charge in [0.1, 0.15) is 5.69 Å². The zero-order chi connectivity index (χ0) is 11.4. The quantitative estimate of drug-likeness (QED) is 0.502. The molecule has 1 aromatic heterocycles. The molecule has 17 heavy (non-hydrogen) atoms. The second-order valence-electron chi connectivity index (χ2n) is 3.62. The molecule has 7 heteroatoms. The van der Waals surface area contributed by atoms with Crippen molar-refractivity contribution in [3.63, 3.8) is 0 Å². The maximum Gasteiger partial charge on any atom is 0.322 e. The Kier molecular flexibility index (Phi) is 1.50. The number of H-pyrrole nitrogens is 1. The van der Waals surface area contributed by atoms with Gasteiger partial charge in [-0.25, -0.2) is 14.6 Å². The van der Waals surface area contributed by atoms with Gasteiger partial charge in [0, 0.05) is 5.39 Å². The van der Waals surface area contributed by atoms with Crippen molar-refractivity contribution < 1.29 is 0 Å². The molecule has 0 aliphatic carbocycles. The number of para-hydroxylation sites is 1. The molecule has 2 aromatic rings. The van der Waals surface area contributed by atoms with E-state index >= 15 is 0 Å². The lowest BCUT2D eigenvalue weighted by Gasteiger charge is -1.97. The molecule has 0 saturated heterocycles. The van der Waals surface area contributed by atoms with E-state index in [0.717, 1.165) is 22.2 Å². The molecule has 0 unspecified atom stereocenters. The topological polar surface area (TPSA) is 75.9 Å². The first-order chi connectivity index (χ1) is 8.33. The number of aromatic nitrogens is 5. The molecule has 4 rings (SSSR count). The Morgan fingerprint density at radius 3 is 3.06 bits per heavy atom. The first kappa shape index (κ1) is 8.82. The first-order valence-electron chi connectivity index (χ1n) is 4.95. The van der Waals surface area contributed by atoms with Gasteiger partial charge >= 0.3 is 4.87 Å². The molecule has 2 aliphatic heterocycles. The van der Waals surface area contributed by atoms with Gasteiger partial charge in [-0.3, -0.25) is 4.79 Å². The normalized spacial score (nSPS) is 11.8. The van der Waals surface area contributed by atoms with Crippen molar-refractivity contribution in [1.82, 2.24) is 24.8 Å². The number of rotatable bonds is 0. The van der Waals surface area contributed by atoms with Gasteiger partial charge in [0.05, 0.1) is 5.52 Å². The fraction of sp³-hybridized carbons (Fsp3) is 0. The smallest absolute Gasteiger partial charge is 0.255 e. The SMILES string of the molecule is O=c1[nH]n2c3nc4ccccc4c-3nnc2s1. The van der Waals surface area contributed by atoms with Gasteiger partial charge in [-0.1, -0.05) is 18.2 Å². The highest BCUT2D eigenvalue weighted by Gasteiger charge is 2.18. The molecular formula is C10H5N5OS. The number of hydrogen-bond donors (Lipinski definition) is 1. The Bertz CT molecular complexity index is 873. The maximum atomic E-state index is 11.3. The molecule has 2 aliphatic rings. The van der Waals surface area contributed by atoms with Gasteiger partial charge in [-0.05, 0) is 17.4 Å². The van der Waals surface area contributed by atoms with Crippen LogP contribution >= 0.6 is 11.3 Å². The summed E-state index contributed by atoms with van der Waals surface area (Å²) in [5, 5.41) is 11.8. The summed E-state index contributed by atoms with van der Waals surface area (Å²) in [7, 11) is 0. The largest absolute Gasteiger partial charge is 0.322 e. The summed E-state index contributed by atoms with van der Waals surface area (Å²) in [5.41, 5.74) is 1.55. The minimum atomic E-state index is -0.168. The Morgan fingerprint density at radius 2 is 2.12 bits per heavy atom. The third-order valence-electron chi connectivity index (χ3n) is 2.62. The average molecular weight is 243 g/mol. The number of aromatic amines is 1. The zero-order valence-corrected chi connectivity index (χ0v) is 9.23. The van der Waals surface area contributed by atoms with Gasteiger partial charge in [-0.2, -0.15) is 0 Å². The Hall–Kier alpha value is -2.28. The summed E-state index contributed by atoms with van der Waals surface area (Å²) in [4.78, 5) is 16.1. The molecule has 0 saturated carbocycles. The Morgan fingerprint density at radius 1 is 1.24 bits per heavy atom. The Labute approximate surface area is 97.9 Å². The summed E-state index contributed by atoms with van der Waals surface area (Å²) < 4.78 is 1.58. The van der Waals surface area contributed by atoms with Crippen LogP contribution in [0, 0.1) is 0 Å². The molecule has 1 N–H and O–H groups in total. The molecular weight excluding hydrogens is 238 g/mol. The third-order valence-corrected chi connectivity index (χ3v) is 3.35. The van der Waals surface area contributed by atoms with Crippen LogP contribution in [0.1, 0.15) is 0 Å². The third kappa shape index (κ3) is 1.08. The van der Waals surface area contributed by atoms with Crippen LogP contribution in [0.2, 0.25) is 0 Å². The van der Waals surface area contributed by atoms with Gasteiger partial charge in [0.15, 0.2) is 5.82 Å². The molecule has 82 valence electrons. The number of benzene rings is 1. The van der Waals surface area contributed by atoms with Crippen molar-refractivity contribution in [3.8, 4) is 11.5 Å². The van der Waals surface area contributed by atoms with Crippen molar-refractivity contribution in [2.45, 2.75) is 0 Å². The average Bonchev–Trinajstić information content (AvgIpc) is 2.87. The van der Waals surface area contributed by atoms with Gasteiger partial charge in [0.2, 0.25) is 4.96 Å². The summed E-state index contributed by atoms with van der Waals surface area (Å²) in [6.45, 7) is 0. The van der Waals surface area contributed by atoms with Crippen molar-refractivity contribution in [3.05, 3.63) is 33.9 Å². The van der Waals surface area contributed by atoms with E-state index in [2.05, 4.69) is 20.3 Å². The van der Waals surface area contributed by atoms with Crippen LogP contribution in [0.15, 0.2) is 29.1 Å². The summed E-state index contributed by atoms with van der Waals surface area (Å²) in [6, 6.07) is 7.69. The van der Waals surface area contributed by atoms with E-state index in [0.29, 0.717) is 16.5 Å². The summed E-state index contributed by atoms with van der Waals surface area (Å²) in [6.07, 6.45) is 0. The maximum absolute atomic E-state index is 11.3. The zero-order valence-electron chi connectivity index (χ0n) is 8.41. The van der Waals surface area contributed by atoms with Crippen LogP contribution in [0.5, 0.6) is 0 Å². The lowest BCUT2D eigenvalue weighted by molar-refractivity contribution is 0.871. The van der Waals surface area contributed by atoms with E-state index in [1.54, 1.807) is 4.52 Å². The van der Waals surface area contributed by atoms with E-state index in [-0.39, 0.29) is 4.87 Å². The minimum absolute atomic E-state index is 0.168. The number of nitrogens with one attached hydrogen (secondary N) is 1. The standard InChI is InChI=1S/C10H5N5OS/c16-10-14-15-8-7(12-13-9(15)17-10)5-3-1-2-4-6(5)11-8/h1-4H,(H,14,16). The van der Waals surface area contributed by atoms with Crippen molar-refractivity contribution in [2.75, 3.05) is 0 Å². The Balaban J connectivity index is 2.30. The highest BCUT2D eigenvalue weighted by atomic mass is 32.1. The molecule has 0 atom stereocenters. The minimum Gasteiger partial charge on any atom is -0.255 e. The molecule has 0 fully saturated rings. The summed E-state index contributed by atoms with van der Waals surface area (Å²) in [5.74, 6) is 0.634. The van der Waals surface area contributed by atoms with Crippen LogP contribution in [0.4, 0.5) is 0 Å². The fourth-order valence-corrected chi connectivity index (χ4v) is 2.51. The lowest BCUT2D eigenvalue weighted by atomic mass is 10.2. The van der Waals surface area contributed by atoms with E-state index in [4.69, 9.17) is 0 Å². The number of fused-ring (bicyclic) bond motifs is 5. The molecule has 0 amide bonds. The molecule has 6 nitrogen and oxygen atoms in total. The van der Waals surface area contributed by atoms with Crippen molar-refractivity contribution in [1.29, 1.82) is 0 Å². The second-order valence-corrected chi connectivity index (χ2v) is 4.56. The first-order valence-corrected chi connectivity index (χ1v) is 5.77. The fourth-order valence-electron chi connectivity index (χ4n) is 1.91.